The van der Waals surface area contributed by atoms with Crippen molar-refractivity contribution >= 4 is 6.21 Å². The monoisotopic (exact) mass is 158 g/mol. The number of nitrogens with one attached hydrogen (secondary N) is 1. The van der Waals surface area contributed by atoms with E-state index in [1.807, 2.05) is 24.3 Å². The van der Waals surface area contributed by atoms with Gasteiger partial charge in [-0.25, -0.2) is 0 Å². The third-order valence-corrected chi connectivity index (χ3v) is 1.41. The summed E-state index contributed by atoms with van der Waals surface area (Å²) in [6.07, 6.45) is 1.31. The summed E-state index contributed by atoms with van der Waals surface area (Å²) in [5.41, 5.74) is 7.04. The molecule has 1 rings (SSSR count). The fourth-order valence-electron chi connectivity index (χ4n) is 0.816. The molecule has 2 heteroatoms. The second kappa shape index (κ2) is 4.32. The Morgan fingerprint density at radius 1 is 1.33 bits per heavy atom. The molecule has 0 spiro atoms. The van der Waals surface area contributed by atoms with Crippen LogP contribution < -0.4 is 5.73 Å². The molecule has 3 N–H and O–H groups in total. The van der Waals surface area contributed by atoms with Gasteiger partial charge in [0.25, 0.3) is 0 Å². The standard InChI is InChI=1S/C10H10N2/c11-7-1-2-9-3-5-10(8-12)6-4-9/h3-6,8,12H,7,11H2. The molecular formula is C10H10N2. The van der Waals surface area contributed by atoms with Crippen molar-refractivity contribution < 1.29 is 0 Å². The summed E-state index contributed by atoms with van der Waals surface area (Å²) in [5, 5.41) is 6.97. The van der Waals surface area contributed by atoms with E-state index in [-0.39, 0.29) is 0 Å². The zero-order valence-electron chi connectivity index (χ0n) is 6.67. The Hall–Kier alpha value is -1.59. The van der Waals surface area contributed by atoms with Crippen LogP contribution in [-0.2, 0) is 0 Å². The van der Waals surface area contributed by atoms with Crippen LogP contribution in [-0.4, -0.2) is 12.8 Å². The maximum absolute atomic E-state index is 6.97. The number of benzene rings is 1. The van der Waals surface area contributed by atoms with Crippen molar-refractivity contribution in [3.05, 3.63) is 35.4 Å². The predicted octanol–water partition coefficient (Wildman–Crippen LogP) is 0.994. The Kier molecular flexibility index (Phi) is 3.06. The number of rotatable bonds is 1. The van der Waals surface area contributed by atoms with Crippen LogP contribution in [0, 0.1) is 17.3 Å². The summed E-state index contributed by atoms with van der Waals surface area (Å²) in [6, 6.07) is 7.47. The van der Waals surface area contributed by atoms with E-state index in [9.17, 15) is 0 Å². The minimum Gasteiger partial charge on any atom is -0.320 e. The zero-order chi connectivity index (χ0) is 8.81. The Morgan fingerprint density at radius 3 is 2.50 bits per heavy atom. The smallest absolute Gasteiger partial charge is 0.0555 e. The lowest BCUT2D eigenvalue weighted by Crippen LogP contribution is -1.93. The van der Waals surface area contributed by atoms with Crippen LogP contribution in [0.4, 0.5) is 0 Å². The van der Waals surface area contributed by atoms with Crippen molar-refractivity contribution in [2.75, 3.05) is 6.54 Å². The van der Waals surface area contributed by atoms with Crippen molar-refractivity contribution in [2.45, 2.75) is 0 Å². The number of nitrogens with two attached hydrogens (primary N) is 1. The SMILES string of the molecule is N=Cc1ccc(C#CCN)cc1. The summed E-state index contributed by atoms with van der Waals surface area (Å²) in [7, 11) is 0. The molecule has 0 saturated carbocycles. The molecule has 0 saturated heterocycles. The molecule has 60 valence electrons. The molecule has 0 aliphatic carbocycles. The molecular weight excluding hydrogens is 148 g/mol. The molecule has 0 atom stereocenters. The highest BCUT2D eigenvalue weighted by atomic mass is 14.5. The van der Waals surface area contributed by atoms with Gasteiger partial charge in [0, 0.05) is 11.8 Å². The third-order valence-electron chi connectivity index (χ3n) is 1.41. The lowest BCUT2D eigenvalue weighted by atomic mass is 10.1. The Labute approximate surface area is 71.9 Å². The van der Waals surface area contributed by atoms with E-state index in [0.717, 1.165) is 11.1 Å². The van der Waals surface area contributed by atoms with Crippen LogP contribution in [0.15, 0.2) is 24.3 Å². The van der Waals surface area contributed by atoms with Crippen LogP contribution in [0.3, 0.4) is 0 Å². The normalized spacial score (nSPS) is 8.42. The number of hydrogen-bond acceptors (Lipinski definition) is 2. The van der Waals surface area contributed by atoms with Crippen LogP contribution in [0.2, 0.25) is 0 Å². The van der Waals surface area contributed by atoms with Gasteiger partial charge in [0.15, 0.2) is 0 Å². The summed E-state index contributed by atoms with van der Waals surface area (Å²) in [5.74, 6) is 5.67. The average molecular weight is 158 g/mol. The largest absolute Gasteiger partial charge is 0.320 e. The minimum atomic E-state index is 0.381. The van der Waals surface area contributed by atoms with Gasteiger partial charge in [-0.3, -0.25) is 0 Å². The van der Waals surface area contributed by atoms with Gasteiger partial charge < -0.3 is 11.1 Å². The first-order chi connectivity index (χ1) is 5.86. The second-order valence-electron chi connectivity index (χ2n) is 2.27. The van der Waals surface area contributed by atoms with Crippen molar-refractivity contribution in [1.82, 2.24) is 0 Å². The lowest BCUT2D eigenvalue weighted by Gasteiger charge is -1.91. The predicted molar refractivity (Wildman–Crippen MR) is 50.3 cm³/mol. The minimum absolute atomic E-state index is 0.381. The third kappa shape index (κ3) is 2.22. The molecule has 0 amide bonds. The summed E-state index contributed by atoms with van der Waals surface area (Å²) >= 11 is 0. The molecule has 1 aromatic carbocycles. The molecule has 0 aliphatic heterocycles. The molecule has 0 fully saturated rings. The molecule has 0 bridgehead atoms. The average Bonchev–Trinajstić information content (AvgIpc) is 2.15. The van der Waals surface area contributed by atoms with Crippen molar-refractivity contribution in [3.63, 3.8) is 0 Å². The van der Waals surface area contributed by atoms with Crippen LogP contribution in [0.5, 0.6) is 0 Å². The second-order valence-corrected chi connectivity index (χ2v) is 2.27. The Morgan fingerprint density at radius 2 is 2.00 bits per heavy atom. The molecule has 0 heterocycles. The highest BCUT2D eigenvalue weighted by molar-refractivity contribution is 5.76. The van der Waals surface area contributed by atoms with E-state index in [1.165, 1.54) is 6.21 Å². The lowest BCUT2D eigenvalue weighted by molar-refractivity contribution is 1.30. The Balaban J connectivity index is 2.84. The van der Waals surface area contributed by atoms with Gasteiger partial charge in [0.05, 0.1) is 6.54 Å². The molecule has 1 aromatic rings. The highest BCUT2D eigenvalue weighted by Crippen LogP contribution is 1.99. The van der Waals surface area contributed by atoms with Gasteiger partial charge in [-0.05, 0) is 17.7 Å². The molecule has 12 heavy (non-hydrogen) atoms. The summed E-state index contributed by atoms with van der Waals surface area (Å²) < 4.78 is 0. The van der Waals surface area contributed by atoms with Crippen molar-refractivity contribution in [2.24, 2.45) is 5.73 Å². The number of hydrogen-bond donors (Lipinski definition) is 2. The first kappa shape index (κ1) is 8.51. The van der Waals surface area contributed by atoms with Crippen LogP contribution in [0.25, 0.3) is 0 Å². The first-order valence-corrected chi connectivity index (χ1v) is 3.66. The fraction of sp³-hybridized carbons (Fsp3) is 0.100. The maximum atomic E-state index is 6.97. The van der Waals surface area contributed by atoms with E-state index in [0.29, 0.717) is 6.54 Å². The van der Waals surface area contributed by atoms with Gasteiger partial charge in [0.2, 0.25) is 0 Å². The highest BCUT2D eigenvalue weighted by Gasteiger charge is 1.86. The van der Waals surface area contributed by atoms with E-state index in [4.69, 9.17) is 11.1 Å². The summed E-state index contributed by atoms with van der Waals surface area (Å²) in [6.45, 7) is 0.381. The van der Waals surface area contributed by atoms with Gasteiger partial charge in [0.1, 0.15) is 0 Å². The van der Waals surface area contributed by atoms with Crippen LogP contribution >= 0.6 is 0 Å². The van der Waals surface area contributed by atoms with E-state index in [1.54, 1.807) is 0 Å². The van der Waals surface area contributed by atoms with E-state index >= 15 is 0 Å². The fourth-order valence-corrected chi connectivity index (χ4v) is 0.816. The van der Waals surface area contributed by atoms with Gasteiger partial charge in [-0.15, -0.1) is 0 Å². The molecule has 2 nitrogen and oxygen atoms in total. The van der Waals surface area contributed by atoms with Gasteiger partial charge >= 0.3 is 0 Å². The van der Waals surface area contributed by atoms with Crippen LogP contribution in [0.1, 0.15) is 11.1 Å². The van der Waals surface area contributed by atoms with E-state index < -0.39 is 0 Å². The maximum Gasteiger partial charge on any atom is 0.0555 e. The van der Waals surface area contributed by atoms with E-state index in [2.05, 4.69) is 11.8 Å². The van der Waals surface area contributed by atoms with Gasteiger partial charge in [-0.1, -0.05) is 24.0 Å². The summed E-state index contributed by atoms with van der Waals surface area (Å²) in [4.78, 5) is 0. The zero-order valence-corrected chi connectivity index (χ0v) is 6.67. The first-order valence-electron chi connectivity index (χ1n) is 3.66. The Bertz CT molecular complexity index is 314. The van der Waals surface area contributed by atoms with Crippen molar-refractivity contribution in [3.8, 4) is 11.8 Å². The topological polar surface area (TPSA) is 49.9 Å². The van der Waals surface area contributed by atoms with Gasteiger partial charge in [-0.2, -0.15) is 0 Å². The quantitative estimate of drug-likeness (QED) is 0.465. The molecule has 0 radical (unpaired) electrons. The molecule has 0 aliphatic rings. The molecule has 0 unspecified atom stereocenters. The van der Waals surface area contributed by atoms with Crippen molar-refractivity contribution in [1.29, 1.82) is 5.41 Å². The molecule has 0 aromatic heterocycles.